The number of piperidine rings is 1. The molecule has 1 unspecified atom stereocenters. The molecule has 0 spiro atoms. The molecule has 1 aromatic heterocycles. The number of anilines is 2. The first-order chi connectivity index (χ1) is 12.1. The topological polar surface area (TPSA) is 53.9 Å². The Morgan fingerprint density at radius 3 is 2.72 bits per heavy atom. The van der Waals surface area contributed by atoms with Crippen molar-refractivity contribution in [3.05, 3.63) is 41.6 Å². The number of nitrogens with zero attached hydrogens (tertiary/aromatic N) is 5. The first-order valence-corrected chi connectivity index (χ1v) is 8.81. The van der Waals surface area contributed by atoms with Crippen molar-refractivity contribution >= 4 is 17.7 Å². The predicted molar refractivity (Wildman–Crippen MR) is 99.4 cm³/mol. The van der Waals surface area contributed by atoms with Crippen LogP contribution in [0.5, 0.6) is 5.75 Å². The molecule has 1 aromatic carbocycles. The Hall–Kier alpha value is -2.63. The fourth-order valence-electron chi connectivity index (χ4n) is 3.38. The van der Waals surface area contributed by atoms with Crippen LogP contribution in [0, 0.1) is 12.8 Å². The molecule has 0 radical (unpaired) electrons. The van der Waals surface area contributed by atoms with Crippen molar-refractivity contribution in [3.63, 3.8) is 0 Å². The van der Waals surface area contributed by atoms with E-state index in [4.69, 9.17) is 14.7 Å². The van der Waals surface area contributed by atoms with Crippen molar-refractivity contribution in [2.24, 2.45) is 11.0 Å². The SMILES string of the molecule is Cc1nc(N2CCCC(C)C2)nc2c1OC(c1ccccc1)=NN2C. The number of hydrazone groups is 1. The van der Waals surface area contributed by atoms with E-state index >= 15 is 0 Å². The number of aromatic nitrogens is 2. The number of rotatable bonds is 2. The normalized spacial score (nSPS) is 20.0. The first-order valence-electron chi connectivity index (χ1n) is 8.81. The third-order valence-electron chi connectivity index (χ3n) is 4.71. The van der Waals surface area contributed by atoms with Gasteiger partial charge in [0, 0.05) is 25.7 Å². The van der Waals surface area contributed by atoms with E-state index in [9.17, 15) is 0 Å². The average molecular weight is 337 g/mol. The molecule has 130 valence electrons. The van der Waals surface area contributed by atoms with E-state index in [0.29, 0.717) is 17.6 Å². The van der Waals surface area contributed by atoms with E-state index in [1.165, 1.54) is 12.8 Å². The second kappa shape index (κ2) is 6.35. The van der Waals surface area contributed by atoms with Crippen molar-refractivity contribution in [2.45, 2.75) is 26.7 Å². The number of hydrogen-bond acceptors (Lipinski definition) is 6. The molecule has 2 aliphatic heterocycles. The lowest BCUT2D eigenvalue weighted by Crippen LogP contribution is -2.36. The summed E-state index contributed by atoms with van der Waals surface area (Å²) in [6.45, 7) is 6.26. The van der Waals surface area contributed by atoms with Crippen LogP contribution in [0.2, 0.25) is 0 Å². The van der Waals surface area contributed by atoms with E-state index in [2.05, 4.69) is 16.9 Å². The Morgan fingerprint density at radius 1 is 1.16 bits per heavy atom. The molecule has 0 bridgehead atoms. The fraction of sp³-hybridized carbons (Fsp3) is 0.421. The molecule has 4 rings (SSSR count). The van der Waals surface area contributed by atoms with Crippen LogP contribution in [0.3, 0.4) is 0 Å². The third-order valence-corrected chi connectivity index (χ3v) is 4.71. The van der Waals surface area contributed by atoms with Gasteiger partial charge in [-0.15, -0.1) is 5.10 Å². The Labute approximate surface area is 148 Å². The molecular weight excluding hydrogens is 314 g/mol. The molecule has 6 heteroatoms. The maximum Gasteiger partial charge on any atom is 0.244 e. The largest absolute Gasteiger partial charge is 0.431 e. The van der Waals surface area contributed by atoms with Gasteiger partial charge in [-0.05, 0) is 37.8 Å². The minimum atomic E-state index is 0.571. The summed E-state index contributed by atoms with van der Waals surface area (Å²) in [5.74, 6) is 3.43. The molecule has 2 aliphatic rings. The van der Waals surface area contributed by atoms with E-state index < -0.39 is 0 Å². The number of ether oxygens (including phenoxy) is 1. The van der Waals surface area contributed by atoms with Crippen LogP contribution in [-0.4, -0.2) is 36.0 Å². The quantitative estimate of drug-likeness (QED) is 0.842. The van der Waals surface area contributed by atoms with Gasteiger partial charge in [-0.3, -0.25) is 0 Å². The lowest BCUT2D eigenvalue weighted by atomic mass is 10.0. The highest BCUT2D eigenvalue weighted by Crippen LogP contribution is 2.35. The summed E-state index contributed by atoms with van der Waals surface area (Å²) in [5, 5.41) is 6.34. The molecule has 25 heavy (non-hydrogen) atoms. The predicted octanol–water partition coefficient (Wildman–Crippen LogP) is 3.21. The summed E-state index contributed by atoms with van der Waals surface area (Å²) >= 11 is 0. The summed E-state index contributed by atoms with van der Waals surface area (Å²) < 4.78 is 6.05. The Bertz CT molecular complexity index is 805. The molecule has 1 saturated heterocycles. The van der Waals surface area contributed by atoms with Crippen LogP contribution in [0.25, 0.3) is 0 Å². The van der Waals surface area contributed by atoms with Crippen LogP contribution >= 0.6 is 0 Å². The summed E-state index contributed by atoms with van der Waals surface area (Å²) in [7, 11) is 1.90. The lowest BCUT2D eigenvalue weighted by Gasteiger charge is -2.32. The monoisotopic (exact) mass is 337 g/mol. The molecule has 3 heterocycles. The highest BCUT2D eigenvalue weighted by molar-refractivity contribution is 5.98. The Balaban J connectivity index is 1.68. The maximum atomic E-state index is 6.05. The van der Waals surface area contributed by atoms with Crippen molar-refractivity contribution in [2.75, 3.05) is 30.0 Å². The van der Waals surface area contributed by atoms with Crippen molar-refractivity contribution in [3.8, 4) is 5.75 Å². The average Bonchev–Trinajstić information content (AvgIpc) is 2.63. The molecular formula is C19H23N5O. The zero-order valence-corrected chi connectivity index (χ0v) is 14.9. The van der Waals surface area contributed by atoms with Crippen molar-refractivity contribution in [1.29, 1.82) is 0 Å². The highest BCUT2D eigenvalue weighted by atomic mass is 16.5. The standard InChI is InChI=1S/C19H23N5O/c1-13-8-7-11-24(12-13)19-20-14(2)16-17(21-19)23(3)22-18(25-16)15-9-5-4-6-10-15/h4-6,9-10,13H,7-8,11-12H2,1-3H3. The van der Waals surface area contributed by atoms with Crippen molar-refractivity contribution in [1.82, 2.24) is 9.97 Å². The Morgan fingerprint density at radius 2 is 1.96 bits per heavy atom. The smallest absolute Gasteiger partial charge is 0.244 e. The Kier molecular flexibility index (Phi) is 4.03. The molecule has 1 atom stereocenters. The van der Waals surface area contributed by atoms with Gasteiger partial charge in [-0.2, -0.15) is 4.98 Å². The van der Waals surface area contributed by atoms with Gasteiger partial charge in [0.1, 0.15) is 0 Å². The summed E-state index contributed by atoms with van der Waals surface area (Å²) in [4.78, 5) is 11.7. The molecule has 0 N–H and O–H groups in total. The zero-order chi connectivity index (χ0) is 17.4. The number of fused-ring (bicyclic) bond motifs is 1. The number of benzene rings is 1. The lowest BCUT2D eigenvalue weighted by molar-refractivity contribution is 0.440. The first kappa shape index (κ1) is 15.9. The van der Waals surface area contributed by atoms with E-state index in [0.717, 1.165) is 36.1 Å². The van der Waals surface area contributed by atoms with Crippen molar-refractivity contribution < 1.29 is 4.74 Å². The van der Waals surface area contributed by atoms with Gasteiger partial charge in [0.2, 0.25) is 11.8 Å². The third kappa shape index (κ3) is 3.04. The molecule has 1 fully saturated rings. The summed E-state index contributed by atoms with van der Waals surface area (Å²) in [5.41, 5.74) is 1.78. The zero-order valence-electron chi connectivity index (χ0n) is 14.9. The van der Waals surface area contributed by atoms with Gasteiger partial charge in [0.15, 0.2) is 11.6 Å². The van der Waals surface area contributed by atoms with Gasteiger partial charge < -0.3 is 9.64 Å². The minimum Gasteiger partial charge on any atom is -0.431 e. The second-order valence-corrected chi connectivity index (χ2v) is 6.85. The van der Waals surface area contributed by atoms with Crippen LogP contribution < -0.4 is 14.6 Å². The van der Waals surface area contributed by atoms with E-state index in [1.807, 2.05) is 44.3 Å². The summed E-state index contributed by atoms with van der Waals surface area (Å²) in [6, 6.07) is 9.89. The minimum absolute atomic E-state index is 0.571. The van der Waals surface area contributed by atoms with Gasteiger partial charge in [0.25, 0.3) is 0 Å². The van der Waals surface area contributed by atoms with E-state index in [-0.39, 0.29) is 0 Å². The highest BCUT2D eigenvalue weighted by Gasteiger charge is 2.27. The maximum absolute atomic E-state index is 6.05. The second-order valence-electron chi connectivity index (χ2n) is 6.85. The van der Waals surface area contributed by atoms with E-state index in [1.54, 1.807) is 5.01 Å². The van der Waals surface area contributed by atoms with Crippen LogP contribution in [-0.2, 0) is 0 Å². The molecule has 0 amide bonds. The molecule has 2 aromatic rings. The molecule has 0 aliphatic carbocycles. The fourth-order valence-corrected chi connectivity index (χ4v) is 3.38. The molecule has 6 nitrogen and oxygen atoms in total. The van der Waals surface area contributed by atoms with Crippen LogP contribution in [0.1, 0.15) is 31.0 Å². The molecule has 0 saturated carbocycles. The van der Waals surface area contributed by atoms with Gasteiger partial charge in [-0.1, -0.05) is 25.1 Å². The van der Waals surface area contributed by atoms with Gasteiger partial charge in [-0.25, -0.2) is 9.99 Å². The van der Waals surface area contributed by atoms with Crippen LogP contribution in [0.15, 0.2) is 35.4 Å². The number of aryl methyl sites for hydroxylation is 1. The van der Waals surface area contributed by atoms with Crippen LogP contribution in [0.4, 0.5) is 11.8 Å². The van der Waals surface area contributed by atoms with Gasteiger partial charge in [0.05, 0.1) is 5.69 Å². The van der Waals surface area contributed by atoms with Gasteiger partial charge >= 0.3 is 0 Å². The number of hydrogen-bond donors (Lipinski definition) is 0. The summed E-state index contributed by atoms with van der Waals surface area (Å²) in [6.07, 6.45) is 2.46.